The van der Waals surface area contributed by atoms with Gasteiger partial charge < -0.3 is 5.32 Å². The zero-order valence-electron chi connectivity index (χ0n) is 11.7. The molecule has 6 nitrogen and oxygen atoms in total. The van der Waals surface area contributed by atoms with Gasteiger partial charge in [-0.2, -0.15) is 0 Å². The lowest BCUT2D eigenvalue weighted by Crippen LogP contribution is -2.26. The van der Waals surface area contributed by atoms with Crippen LogP contribution in [-0.4, -0.2) is 31.5 Å². The Labute approximate surface area is 113 Å². The second-order valence-corrected chi connectivity index (χ2v) is 4.71. The van der Waals surface area contributed by atoms with Gasteiger partial charge in [-0.15, -0.1) is 5.10 Å². The van der Waals surface area contributed by atoms with Crippen molar-refractivity contribution in [1.82, 2.24) is 30.3 Å². The zero-order valence-corrected chi connectivity index (χ0v) is 11.7. The molecule has 0 radical (unpaired) electrons. The van der Waals surface area contributed by atoms with E-state index >= 15 is 0 Å². The molecule has 19 heavy (non-hydrogen) atoms. The number of hydrogen-bond acceptors (Lipinski definition) is 5. The third-order valence-corrected chi connectivity index (χ3v) is 2.82. The lowest BCUT2D eigenvalue weighted by atomic mass is 10.1. The minimum atomic E-state index is 0.0808. The molecule has 0 aliphatic heterocycles. The van der Waals surface area contributed by atoms with Crippen LogP contribution in [0.25, 0.3) is 0 Å². The Kier molecular flexibility index (Phi) is 4.57. The minimum absolute atomic E-state index is 0.0808. The summed E-state index contributed by atoms with van der Waals surface area (Å²) in [6.45, 7) is 5.06. The first-order valence-electron chi connectivity index (χ1n) is 6.56. The van der Waals surface area contributed by atoms with Crippen molar-refractivity contribution in [1.29, 1.82) is 0 Å². The van der Waals surface area contributed by atoms with E-state index in [0.717, 1.165) is 36.5 Å². The van der Waals surface area contributed by atoms with Crippen molar-refractivity contribution in [2.24, 2.45) is 7.05 Å². The minimum Gasteiger partial charge on any atom is -0.307 e. The fraction of sp³-hybridized carbons (Fsp3) is 0.538. The lowest BCUT2D eigenvalue weighted by molar-refractivity contribution is 0.499. The zero-order chi connectivity index (χ0) is 13.7. The Hall–Kier alpha value is -1.82. The van der Waals surface area contributed by atoms with Crippen LogP contribution in [0.5, 0.6) is 0 Å². The maximum atomic E-state index is 4.41. The Morgan fingerprint density at radius 1 is 1.32 bits per heavy atom. The fourth-order valence-corrected chi connectivity index (χ4v) is 1.85. The molecule has 0 saturated carbocycles. The van der Waals surface area contributed by atoms with Crippen molar-refractivity contribution in [3.8, 4) is 0 Å². The molecule has 2 heterocycles. The quantitative estimate of drug-likeness (QED) is 0.845. The molecular weight excluding hydrogens is 240 g/mol. The number of aryl methyl sites for hydroxylation is 2. The number of nitrogens with one attached hydrogen (secondary N) is 1. The molecule has 1 atom stereocenters. The summed E-state index contributed by atoms with van der Waals surface area (Å²) in [5.74, 6) is 0.810. The summed E-state index contributed by atoms with van der Waals surface area (Å²) in [6, 6.07) is 0.0808. The average Bonchev–Trinajstić information content (AvgIpc) is 2.81. The molecule has 0 fully saturated rings. The third kappa shape index (κ3) is 3.82. The molecule has 1 unspecified atom stereocenters. The SMILES string of the molecule is CCCNC(Cc1cn(C)nn1)c1ncc(C)cn1. The molecule has 0 aliphatic carbocycles. The Morgan fingerprint density at radius 2 is 2.05 bits per heavy atom. The smallest absolute Gasteiger partial charge is 0.145 e. The van der Waals surface area contributed by atoms with E-state index in [1.165, 1.54) is 0 Å². The van der Waals surface area contributed by atoms with Gasteiger partial charge in [-0.3, -0.25) is 4.68 Å². The van der Waals surface area contributed by atoms with Gasteiger partial charge in [-0.25, -0.2) is 9.97 Å². The first-order valence-corrected chi connectivity index (χ1v) is 6.56. The first-order chi connectivity index (χ1) is 9.19. The summed E-state index contributed by atoms with van der Waals surface area (Å²) in [5.41, 5.74) is 2.01. The molecule has 1 N–H and O–H groups in total. The van der Waals surface area contributed by atoms with Crippen LogP contribution in [0.2, 0.25) is 0 Å². The Balaban J connectivity index is 2.13. The summed E-state index contributed by atoms with van der Waals surface area (Å²) in [5, 5.41) is 11.5. The van der Waals surface area contributed by atoms with Gasteiger partial charge in [0.2, 0.25) is 0 Å². The number of rotatable bonds is 6. The van der Waals surface area contributed by atoms with Crippen molar-refractivity contribution in [2.75, 3.05) is 6.54 Å². The monoisotopic (exact) mass is 260 g/mol. The van der Waals surface area contributed by atoms with E-state index in [0.29, 0.717) is 0 Å². The fourth-order valence-electron chi connectivity index (χ4n) is 1.85. The van der Waals surface area contributed by atoms with Gasteiger partial charge in [0.15, 0.2) is 0 Å². The number of aromatic nitrogens is 5. The molecule has 6 heteroatoms. The molecule has 2 aromatic rings. The molecular formula is C13H20N6. The van der Waals surface area contributed by atoms with E-state index < -0.39 is 0 Å². The maximum absolute atomic E-state index is 4.41. The molecule has 0 bridgehead atoms. The molecule has 0 saturated heterocycles. The first kappa shape index (κ1) is 13.6. The summed E-state index contributed by atoms with van der Waals surface area (Å²) >= 11 is 0. The summed E-state index contributed by atoms with van der Waals surface area (Å²) in [7, 11) is 1.87. The highest BCUT2D eigenvalue weighted by molar-refractivity contribution is 5.07. The van der Waals surface area contributed by atoms with Gasteiger partial charge in [0, 0.05) is 32.1 Å². The lowest BCUT2D eigenvalue weighted by Gasteiger charge is -2.15. The van der Waals surface area contributed by atoms with Crippen LogP contribution in [0.1, 0.15) is 36.5 Å². The normalized spacial score (nSPS) is 12.6. The third-order valence-electron chi connectivity index (χ3n) is 2.82. The van der Waals surface area contributed by atoms with Crippen LogP contribution in [0.3, 0.4) is 0 Å². The van der Waals surface area contributed by atoms with Crippen LogP contribution in [-0.2, 0) is 13.5 Å². The number of hydrogen-bond donors (Lipinski definition) is 1. The standard InChI is InChI=1S/C13H20N6/c1-4-5-14-12(6-11-9-19(3)18-17-11)13-15-7-10(2)8-16-13/h7-9,12,14H,4-6H2,1-3H3. The van der Waals surface area contributed by atoms with Gasteiger partial charge >= 0.3 is 0 Å². The van der Waals surface area contributed by atoms with Gasteiger partial charge in [0.25, 0.3) is 0 Å². The van der Waals surface area contributed by atoms with Gasteiger partial charge in [-0.05, 0) is 25.5 Å². The highest BCUT2D eigenvalue weighted by Crippen LogP contribution is 2.13. The maximum Gasteiger partial charge on any atom is 0.145 e. The molecule has 102 valence electrons. The van der Waals surface area contributed by atoms with Crippen molar-refractivity contribution in [3.05, 3.63) is 35.7 Å². The Bertz CT molecular complexity index is 504. The van der Waals surface area contributed by atoms with Crippen LogP contribution < -0.4 is 5.32 Å². The Morgan fingerprint density at radius 3 is 2.63 bits per heavy atom. The average molecular weight is 260 g/mol. The molecule has 0 spiro atoms. The van der Waals surface area contributed by atoms with Crippen molar-refractivity contribution in [3.63, 3.8) is 0 Å². The highest BCUT2D eigenvalue weighted by atomic mass is 15.4. The second kappa shape index (κ2) is 6.38. The summed E-state index contributed by atoms with van der Waals surface area (Å²) in [4.78, 5) is 8.81. The topological polar surface area (TPSA) is 68.5 Å². The van der Waals surface area contributed by atoms with Crippen molar-refractivity contribution < 1.29 is 0 Å². The van der Waals surface area contributed by atoms with Crippen molar-refractivity contribution >= 4 is 0 Å². The van der Waals surface area contributed by atoms with Crippen LogP contribution in [0, 0.1) is 6.92 Å². The summed E-state index contributed by atoms with van der Waals surface area (Å²) < 4.78 is 1.71. The van der Waals surface area contributed by atoms with Gasteiger partial charge in [0.05, 0.1) is 11.7 Å². The van der Waals surface area contributed by atoms with Crippen LogP contribution in [0.15, 0.2) is 18.6 Å². The van der Waals surface area contributed by atoms with E-state index in [1.807, 2.05) is 32.6 Å². The van der Waals surface area contributed by atoms with E-state index in [9.17, 15) is 0 Å². The molecule has 2 rings (SSSR count). The molecule has 0 aliphatic rings. The van der Waals surface area contributed by atoms with E-state index in [2.05, 4.69) is 32.5 Å². The molecule has 0 amide bonds. The molecule has 2 aromatic heterocycles. The van der Waals surface area contributed by atoms with Crippen molar-refractivity contribution in [2.45, 2.75) is 32.7 Å². The summed E-state index contributed by atoms with van der Waals surface area (Å²) in [6.07, 6.45) is 7.44. The van der Waals surface area contributed by atoms with Gasteiger partial charge in [0.1, 0.15) is 5.82 Å². The molecule has 0 aromatic carbocycles. The van der Waals surface area contributed by atoms with Crippen LogP contribution in [0.4, 0.5) is 0 Å². The predicted octanol–water partition coefficient (Wildman–Crippen LogP) is 1.20. The van der Waals surface area contributed by atoms with E-state index in [4.69, 9.17) is 0 Å². The second-order valence-electron chi connectivity index (χ2n) is 4.71. The van der Waals surface area contributed by atoms with Gasteiger partial charge in [-0.1, -0.05) is 12.1 Å². The van der Waals surface area contributed by atoms with E-state index in [1.54, 1.807) is 4.68 Å². The van der Waals surface area contributed by atoms with E-state index in [-0.39, 0.29) is 6.04 Å². The largest absolute Gasteiger partial charge is 0.307 e. The number of nitrogens with zero attached hydrogens (tertiary/aromatic N) is 5. The predicted molar refractivity (Wildman–Crippen MR) is 72.5 cm³/mol. The highest BCUT2D eigenvalue weighted by Gasteiger charge is 2.16. The van der Waals surface area contributed by atoms with Crippen LogP contribution >= 0.6 is 0 Å².